The molecule has 3 saturated heterocycles. The van der Waals surface area contributed by atoms with Crippen molar-refractivity contribution < 1.29 is 37.8 Å². The summed E-state index contributed by atoms with van der Waals surface area (Å²) in [6.45, 7) is 1.94. The van der Waals surface area contributed by atoms with Gasteiger partial charge in [-0.15, -0.1) is 0 Å². The Morgan fingerprint density at radius 3 is 2.37 bits per heavy atom. The first-order chi connectivity index (χ1) is 28.4. The zero-order valence-electron chi connectivity index (χ0n) is 32.7. The van der Waals surface area contributed by atoms with Crippen molar-refractivity contribution in [2.24, 2.45) is 12.5 Å². The molecule has 4 fully saturated rings. The second kappa shape index (κ2) is 15.1. The van der Waals surface area contributed by atoms with Crippen molar-refractivity contribution in [3.8, 4) is 17.0 Å². The molecule has 13 nitrogen and oxygen atoms in total. The molecule has 15 heteroatoms. The number of hydrogen-bond acceptors (Lipinski definition) is 10. The number of aliphatic hydroxyl groups excluding tert-OH is 1. The molecule has 306 valence electrons. The Morgan fingerprint density at radius 2 is 1.66 bits per heavy atom. The van der Waals surface area contributed by atoms with Crippen LogP contribution in [0, 0.1) is 5.41 Å². The lowest BCUT2D eigenvalue weighted by molar-refractivity contribution is -0.136. The van der Waals surface area contributed by atoms with Crippen LogP contribution in [0.1, 0.15) is 65.7 Å². The number of fused-ring (bicyclic) bond motifs is 4. The molecule has 1 saturated carbocycles. The minimum atomic E-state index is -2.81. The number of hydrogen-bond donors (Lipinski definition) is 2. The molecule has 2 aromatic carbocycles. The summed E-state index contributed by atoms with van der Waals surface area (Å²) < 4.78 is 35.9. The molecular weight excluding hydrogens is 761 g/mol. The highest BCUT2D eigenvalue weighted by atomic mass is 19.3. The van der Waals surface area contributed by atoms with E-state index in [1.807, 2.05) is 29.6 Å². The number of ether oxygens (including phenoxy) is 1. The van der Waals surface area contributed by atoms with Crippen LogP contribution in [0.5, 0.6) is 5.88 Å². The Kier molecular flexibility index (Phi) is 9.90. The number of pyridine rings is 2. The van der Waals surface area contributed by atoms with Gasteiger partial charge in [-0.3, -0.25) is 39.3 Å². The summed E-state index contributed by atoms with van der Waals surface area (Å²) in [4.78, 5) is 62.9. The monoisotopic (exact) mass is 805 g/mol. The van der Waals surface area contributed by atoms with E-state index in [1.165, 1.54) is 28.2 Å². The van der Waals surface area contributed by atoms with Gasteiger partial charge < -0.3 is 19.3 Å². The lowest BCUT2D eigenvalue weighted by Crippen LogP contribution is -2.73. The van der Waals surface area contributed by atoms with Crippen LogP contribution in [0.3, 0.4) is 0 Å². The molecule has 1 atom stereocenters. The van der Waals surface area contributed by atoms with Crippen LogP contribution in [0.15, 0.2) is 73.2 Å². The van der Waals surface area contributed by atoms with Crippen molar-refractivity contribution in [3.63, 3.8) is 0 Å². The third-order valence-corrected chi connectivity index (χ3v) is 12.3. The molecule has 0 bridgehead atoms. The number of benzene rings is 2. The number of alkyl halides is 2. The number of piperidine rings is 1. The zero-order valence-corrected chi connectivity index (χ0v) is 32.7. The van der Waals surface area contributed by atoms with Gasteiger partial charge in [-0.25, -0.2) is 13.8 Å². The van der Waals surface area contributed by atoms with Gasteiger partial charge in [0.15, 0.2) is 0 Å². The van der Waals surface area contributed by atoms with Gasteiger partial charge in [0.25, 0.3) is 17.7 Å². The van der Waals surface area contributed by atoms with Gasteiger partial charge in [-0.2, -0.15) is 0 Å². The first-order valence-electron chi connectivity index (χ1n) is 20.2. The molecule has 4 amide bonds. The number of rotatable bonds is 10. The molecule has 3 aromatic heterocycles. The van der Waals surface area contributed by atoms with E-state index in [-0.39, 0.29) is 55.4 Å². The van der Waals surface area contributed by atoms with E-state index >= 15 is 0 Å². The molecule has 5 aliphatic rings. The molecule has 5 aromatic rings. The number of aliphatic hydroxyl groups is 1. The largest absolute Gasteiger partial charge is 0.474 e. The van der Waals surface area contributed by atoms with E-state index < -0.39 is 35.6 Å². The minimum absolute atomic E-state index is 0.0509. The highest BCUT2D eigenvalue weighted by molar-refractivity contribution is 6.23. The molecule has 0 radical (unpaired) electrons. The lowest BCUT2D eigenvalue weighted by Gasteiger charge is -2.61. The number of aryl methyl sites for hydroxylation is 1. The summed E-state index contributed by atoms with van der Waals surface area (Å²) >= 11 is 0. The summed E-state index contributed by atoms with van der Waals surface area (Å²) in [7, 11) is 2.10. The van der Waals surface area contributed by atoms with E-state index in [0.717, 1.165) is 40.4 Å². The highest BCUT2D eigenvalue weighted by Gasteiger charge is 2.53. The van der Waals surface area contributed by atoms with Crippen LogP contribution in [0.25, 0.3) is 32.9 Å². The third-order valence-electron chi connectivity index (χ3n) is 12.3. The number of halogens is 2. The fraction of sp³-hybridized carbons (Fsp3) is 0.409. The molecule has 7 heterocycles. The predicted octanol–water partition coefficient (Wildman–Crippen LogP) is 5.34. The number of imide groups is 2. The van der Waals surface area contributed by atoms with E-state index in [2.05, 4.69) is 57.2 Å². The first kappa shape index (κ1) is 38.7. The van der Waals surface area contributed by atoms with Crippen LogP contribution >= 0.6 is 0 Å². The molecule has 2 N–H and O–H groups in total. The van der Waals surface area contributed by atoms with Crippen LogP contribution in [0.4, 0.5) is 14.5 Å². The van der Waals surface area contributed by atoms with E-state index in [1.54, 1.807) is 23.1 Å². The van der Waals surface area contributed by atoms with Gasteiger partial charge >= 0.3 is 0 Å². The van der Waals surface area contributed by atoms with Crippen LogP contribution in [-0.2, 0) is 16.6 Å². The Balaban J connectivity index is 0.000000159. The summed E-state index contributed by atoms with van der Waals surface area (Å²) in [5.41, 5.74) is 5.84. The molecule has 4 aliphatic heterocycles. The van der Waals surface area contributed by atoms with Gasteiger partial charge in [0, 0.05) is 110 Å². The summed E-state index contributed by atoms with van der Waals surface area (Å²) in [5.74, 6) is -4.24. The second-order valence-electron chi connectivity index (χ2n) is 16.6. The smallest absolute Gasteiger partial charge is 0.262 e. The highest BCUT2D eigenvalue weighted by Crippen LogP contribution is 2.44. The molecule has 1 spiro atoms. The number of carbonyl (C=O) groups is 4. The quantitative estimate of drug-likeness (QED) is 0.177. The van der Waals surface area contributed by atoms with E-state index in [0.29, 0.717) is 32.3 Å². The Morgan fingerprint density at radius 1 is 0.881 bits per heavy atom. The normalized spacial score (nSPS) is 20.2. The van der Waals surface area contributed by atoms with Gasteiger partial charge in [0.05, 0.1) is 23.2 Å². The molecule has 1 aliphatic carbocycles. The number of amides is 4. The fourth-order valence-corrected chi connectivity index (χ4v) is 9.07. The summed E-state index contributed by atoms with van der Waals surface area (Å²) in [5, 5.41) is 13.4. The van der Waals surface area contributed by atoms with E-state index in [4.69, 9.17) is 9.84 Å². The van der Waals surface area contributed by atoms with Crippen LogP contribution in [-0.4, -0.2) is 110 Å². The third kappa shape index (κ3) is 7.30. The SMILES string of the molecule is Cn1c2ccncc2c2ccc(-c3ccc(OC4CCC4)nc3)cc21.O=C1CCC(N2C(=O)c3ccc(N4CC5(CN(CC(F)(F)CCCO)C5)C4)cc3C2=O)C(=O)N1. The molecule has 10 rings (SSSR count). The van der Waals surface area contributed by atoms with Crippen molar-refractivity contribution in [2.75, 3.05) is 44.2 Å². The van der Waals surface area contributed by atoms with Gasteiger partial charge in [-0.1, -0.05) is 12.1 Å². The Labute approximate surface area is 338 Å². The molecule has 59 heavy (non-hydrogen) atoms. The average molecular weight is 806 g/mol. The summed E-state index contributed by atoms with van der Waals surface area (Å²) in [6, 6.07) is 16.6. The maximum atomic E-state index is 13.9. The predicted molar refractivity (Wildman–Crippen MR) is 215 cm³/mol. The van der Waals surface area contributed by atoms with Gasteiger partial charge in [0.1, 0.15) is 12.1 Å². The zero-order chi connectivity index (χ0) is 41.1. The molecule has 1 unspecified atom stereocenters. The van der Waals surface area contributed by atoms with E-state index in [9.17, 15) is 28.0 Å². The van der Waals surface area contributed by atoms with Crippen molar-refractivity contribution in [1.82, 2.24) is 29.7 Å². The van der Waals surface area contributed by atoms with Crippen molar-refractivity contribution in [3.05, 3.63) is 84.3 Å². The summed E-state index contributed by atoms with van der Waals surface area (Å²) in [6.07, 6.45) is 9.53. The number of aromatic nitrogens is 3. The number of carbonyl (C=O) groups excluding carboxylic acids is 4. The average Bonchev–Trinajstić information content (AvgIpc) is 3.61. The Hall–Kier alpha value is -5.80. The van der Waals surface area contributed by atoms with Crippen molar-refractivity contribution in [1.29, 1.82) is 0 Å². The fourth-order valence-electron chi connectivity index (χ4n) is 9.07. The van der Waals surface area contributed by atoms with Crippen LogP contribution < -0.4 is 15.0 Å². The minimum Gasteiger partial charge on any atom is -0.474 e. The number of anilines is 1. The van der Waals surface area contributed by atoms with Gasteiger partial charge in [-0.05, 0) is 74.1 Å². The number of nitrogens with zero attached hydrogens (tertiary/aromatic N) is 6. The number of nitrogens with one attached hydrogen (secondary N) is 1. The van der Waals surface area contributed by atoms with Crippen LogP contribution in [0.2, 0.25) is 0 Å². The topological polar surface area (TPSA) is 150 Å². The van der Waals surface area contributed by atoms with Crippen molar-refractivity contribution in [2.45, 2.75) is 63.0 Å². The Bertz CT molecular complexity index is 2470. The number of likely N-dealkylation sites (tertiary alicyclic amines) is 1. The standard InChI is InChI=1S/C23H26F2N4O5.C21H19N3O/c24-23(25,6-1-7-30)13-27-9-22(10-27)11-28(12-22)14-2-3-15-16(8-14)21(34)29(20(15)33)17-4-5-18(31)26-19(17)32;1-24-19-9-10-22-13-18(19)17-7-5-14(11-20(17)24)15-6-8-21(23-12-15)25-16-3-2-4-16/h2-3,8,17,30H,1,4-7,9-13H2,(H,26,31,32);5-13,16H,2-4H2,1H3. The van der Waals surface area contributed by atoms with Gasteiger partial charge in [0.2, 0.25) is 17.7 Å². The lowest BCUT2D eigenvalue weighted by atomic mass is 9.72. The maximum absolute atomic E-state index is 13.9. The molecular formula is C44H45F2N7O6. The maximum Gasteiger partial charge on any atom is 0.262 e. The first-order valence-corrected chi connectivity index (χ1v) is 20.2. The second-order valence-corrected chi connectivity index (χ2v) is 16.6. The van der Waals surface area contributed by atoms with Crippen molar-refractivity contribution >= 4 is 51.1 Å².